The minimum Gasteiger partial charge on any atom is -0.481 e. The molecule has 2 heteroatoms. The van der Waals surface area contributed by atoms with E-state index in [-0.39, 0.29) is 12.3 Å². The number of benzene rings is 2. The highest BCUT2D eigenvalue weighted by Crippen LogP contribution is 2.22. The zero-order valence-corrected chi connectivity index (χ0v) is 12.9. The summed E-state index contributed by atoms with van der Waals surface area (Å²) in [6.45, 7) is 3.85. The Hall–Kier alpha value is -2.87. The van der Waals surface area contributed by atoms with E-state index in [4.69, 9.17) is 5.11 Å². The zero-order valence-electron chi connectivity index (χ0n) is 12.9. The fourth-order valence-corrected chi connectivity index (χ4v) is 2.39. The van der Waals surface area contributed by atoms with Gasteiger partial charge >= 0.3 is 5.97 Å². The zero-order chi connectivity index (χ0) is 16.5. The second-order valence-electron chi connectivity index (χ2n) is 5.19. The largest absolute Gasteiger partial charge is 0.481 e. The number of carboxylic acid groups (broad SMARTS) is 1. The van der Waals surface area contributed by atoms with Gasteiger partial charge in [-0.05, 0) is 16.7 Å². The molecule has 1 N–H and O–H groups in total. The van der Waals surface area contributed by atoms with Crippen molar-refractivity contribution in [2.75, 3.05) is 0 Å². The quantitative estimate of drug-likeness (QED) is 0.725. The smallest absolute Gasteiger partial charge is 0.304 e. The summed E-state index contributed by atoms with van der Waals surface area (Å²) < 4.78 is 0. The van der Waals surface area contributed by atoms with Gasteiger partial charge in [-0.3, -0.25) is 4.79 Å². The molecule has 0 aliphatic rings. The highest BCUT2D eigenvalue weighted by Gasteiger charge is 2.11. The molecule has 0 saturated heterocycles. The van der Waals surface area contributed by atoms with E-state index >= 15 is 0 Å². The summed E-state index contributed by atoms with van der Waals surface area (Å²) in [5.74, 6) is -0.953. The SMILES string of the molecule is C=C/C(=C\C=C\[C@H](CC(=O)O)c1ccccc1)c1ccccc1. The molecular formula is C21H20O2. The third kappa shape index (κ3) is 5.11. The lowest BCUT2D eigenvalue weighted by atomic mass is 9.95. The van der Waals surface area contributed by atoms with Crippen LogP contribution in [-0.2, 0) is 4.79 Å². The average molecular weight is 304 g/mol. The molecule has 0 heterocycles. The predicted octanol–water partition coefficient (Wildman–Crippen LogP) is 5.07. The minimum atomic E-state index is -0.806. The Morgan fingerprint density at radius 2 is 1.65 bits per heavy atom. The van der Waals surface area contributed by atoms with Crippen LogP contribution in [-0.4, -0.2) is 11.1 Å². The molecule has 2 aromatic carbocycles. The summed E-state index contributed by atoms with van der Waals surface area (Å²) >= 11 is 0. The van der Waals surface area contributed by atoms with Crippen molar-refractivity contribution in [1.29, 1.82) is 0 Å². The summed E-state index contributed by atoms with van der Waals surface area (Å²) in [5.41, 5.74) is 3.09. The second kappa shape index (κ2) is 8.54. The second-order valence-corrected chi connectivity index (χ2v) is 5.19. The Morgan fingerprint density at radius 3 is 2.22 bits per heavy atom. The molecule has 2 nitrogen and oxygen atoms in total. The van der Waals surface area contributed by atoms with Crippen LogP contribution in [0.25, 0.3) is 5.57 Å². The first-order valence-corrected chi connectivity index (χ1v) is 7.54. The predicted molar refractivity (Wildman–Crippen MR) is 95.2 cm³/mol. The maximum absolute atomic E-state index is 11.1. The van der Waals surface area contributed by atoms with Crippen LogP contribution in [0.2, 0.25) is 0 Å². The minimum absolute atomic E-state index is 0.0725. The van der Waals surface area contributed by atoms with Gasteiger partial charge in [0.2, 0.25) is 0 Å². The van der Waals surface area contributed by atoms with Crippen molar-refractivity contribution in [3.8, 4) is 0 Å². The Balaban J connectivity index is 2.21. The molecule has 0 bridgehead atoms. The molecular weight excluding hydrogens is 284 g/mol. The van der Waals surface area contributed by atoms with Gasteiger partial charge in [0.1, 0.15) is 0 Å². The van der Waals surface area contributed by atoms with Crippen molar-refractivity contribution in [2.45, 2.75) is 12.3 Å². The molecule has 0 amide bonds. The van der Waals surface area contributed by atoms with Crippen LogP contribution >= 0.6 is 0 Å². The first-order valence-electron chi connectivity index (χ1n) is 7.54. The van der Waals surface area contributed by atoms with Crippen LogP contribution in [0, 0.1) is 0 Å². The van der Waals surface area contributed by atoms with Gasteiger partial charge in [0, 0.05) is 5.92 Å². The lowest BCUT2D eigenvalue weighted by Gasteiger charge is -2.10. The molecule has 0 aliphatic heterocycles. The summed E-state index contributed by atoms with van der Waals surface area (Å²) in [5, 5.41) is 9.11. The summed E-state index contributed by atoms with van der Waals surface area (Å²) in [6, 6.07) is 19.6. The molecule has 0 fully saturated rings. The van der Waals surface area contributed by atoms with Gasteiger partial charge in [-0.1, -0.05) is 91.5 Å². The van der Waals surface area contributed by atoms with Crippen LogP contribution in [0.4, 0.5) is 0 Å². The highest BCUT2D eigenvalue weighted by molar-refractivity contribution is 5.74. The van der Waals surface area contributed by atoms with E-state index in [2.05, 4.69) is 6.58 Å². The molecule has 0 unspecified atom stereocenters. The number of carbonyl (C=O) groups is 1. The number of carboxylic acids is 1. The Labute approximate surface area is 137 Å². The van der Waals surface area contributed by atoms with Gasteiger partial charge in [-0.2, -0.15) is 0 Å². The van der Waals surface area contributed by atoms with Crippen molar-refractivity contribution >= 4 is 11.5 Å². The van der Waals surface area contributed by atoms with Gasteiger partial charge in [0.25, 0.3) is 0 Å². The number of hydrogen-bond acceptors (Lipinski definition) is 1. The highest BCUT2D eigenvalue weighted by atomic mass is 16.4. The third-order valence-corrected chi connectivity index (χ3v) is 3.57. The first-order chi connectivity index (χ1) is 11.2. The molecule has 1 atom stereocenters. The molecule has 0 aliphatic carbocycles. The van der Waals surface area contributed by atoms with Crippen molar-refractivity contribution in [1.82, 2.24) is 0 Å². The molecule has 2 rings (SSSR count). The number of allylic oxidation sites excluding steroid dienone is 5. The van der Waals surface area contributed by atoms with Crippen LogP contribution in [0.5, 0.6) is 0 Å². The Bertz CT molecular complexity index is 697. The van der Waals surface area contributed by atoms with Gasteiger partial charge in [0.15, 0.2) is 0 Å². The monoisotopic (exact) mass is 304 g/mol. The van der Waals surface area contributed by atoms with Crippen LogP contribution in [0.1, 0.15) is 23.5 Å². The van der Waals surface area contributed by atoms with Crippen LogP contribution in [0.15, 0.2) is 91.5 Å². The standard InChI is InChI=1S/C21H20O2/c1-2-17(18-10-5-3-6-11-18)14-9-15-20(16-21(22)23)19-12-7-4-8-13-19/h2-15,20H,1,16H2,(H,22,23)/b15-9+,17-14+/t20-/m1/s1. The maximum atomic E-state index is 11.1. The summed E-state index contributed by atoms with van der Waals surface area (Å²) in [4.78, 5) is 11.1. The molecule has 116 valence electrons. The first kappa shape index (κ1) is 16.5. The van der Waals surface area contributed by atoms with E-state index in [1.807, 2.05) is 78.9 Å². The molecule has 0 saturated carbocycles. The van der Waals surface area contributed by atoms with E-state index in [0.717, 1.165) is 16.7 Å². The maximum Gasteiger partial charge on any atom is 0.304 e. The fourth-order valence-electron chi connectivity index (χ4n) is 2.39. The van der Waals surface area contributed by atoms with E-state index in [0.29, 0.717) is 0 Å². The lowest BCUT2D eigenvalue weighted by Crippen LogP contribution is -2.03. The number of hydrogen-bond donors (Lipinski definition) is 1. The van der Waals surface area contributed by atoms with E-state index in [9.17, 15) is 4.79 Å². The van der Waals surface area contributed by atoms with Crippen LogP contribution in [0.3, 0.4) is 0 Å². The average Bonchev–Trinajstić information content (AvgIpc) is 2.59. The Morgan fingerprint density at radius 1 is 1.04 bits per heavy atom. The van der Waals surface area contributed by atoms with Gasteiger partial charge in [0.05, 0.1) is 6.42 Å². The molecule has 0 radical (unpaired) electrons. The van der Waals surface area contributed by atoms with Crippen molar-refractivity contribution in [2.24, 2.45) is 0 Å². The third-order valence-electron chi connectivity index (χ3n) is 3.57. The number of aliphatic carboxylic acids is 1. The summed E-state index contributed by atoms with van der Waals surface area (Å²) in [6.07, 6.45) is 7.66. The summed E-state index contributed by atoms with van der Waals surface area (Å²) in [7, 11) is 0. The van der Waals surface area contributed by atoms with Gasteiger partial charge in [-0.25, -0.2) is 0 Å². The van der Waals surface area contributed by atoms with E-state index in [1.54, 1.807) is 6.08 Å². The van der Waals surface area contributed by atoms with Crippen molar-refractivity contribution in [3.05, 3.63) is 103 Å². The van der Waals surface area contributed by atoms with Gasteiger partial charge < -0.3 is 5.11 Å². The van der Waals surface area contributed by atoms with E-state index in [1.165, 1.54) is 0 Å². The lowest BCUT2D eigenvalue weighted by molar-refractivity contribution is -0.137. The topological polar surface area (TPSA) is 37.3 Å². The molecule has 0 aromatic heterocycles. The van der Waals surface area contributed by atoms with Gasteiger partial charge in [-0.15, -0.1) is 0 Å². The molecule has 2 aromatic rings. The number of rotatable bonds is 7. The fraction of sp³-hybridized carbons (Fsp3) is 0.0952. The van der Waals surface area contributed by atoms with E-state index < -0.39 is 5.97 Å². The molecule has 0 spiro atoms. The molecule has 23 heavy (non-hydrogen) atoms. The normalized spacial score (nSPS) is 13.0. The van der Waals surface area contributed by atoms with Crippen molar-refractivity contribution < 1.29 is 9.90 Å². The van der Waals surface area contributed by atoms with Crippen molar-refractivity contribution in [3.63, 3.8) is 0 Å². The van der Waals surface area contributed by atoms with Crippen LogP contribution < -0.4 is 0 Å². The Kier molecular flexibility index (Phi) is 6.13.